The molecule has 2 heterocycles. The van der Waals surface area contributed by atoms with Crippen molar-refractivity contribution in [2.75, 3.05) is 5.73 Å². The standard InChI is InChI=1S/C11H10Cl2N4/c1-5-6(2)16-11(17-10(5)14)9-8(13)3-7(12)4-15-9/h3-4H,1-2H3,(H2,14,16,17). The van der Waals surface area contributed by atoms with Crippen molar-refractivity contribution >= 4 is 29.0 Å². The molecule has 6 heteroatoms. The van der Waals surface area contributed by atoms with E-state index in [1.54, 1.807) is 6.07 Å². The lowest BCUT2D eigenvalue weighted by molar-refractivity contribution is 1.06. The van der Waals surface area contributed by atoms with E-state index in [-0.39, 0.29) is 0 Å². The molecule has 2 N–H and O–H groups in total. The van der Waals surface area contributed by atoms with E-state index in [1.807, 2.05) is 13.8 Å². The average molecular weight is 269 g/mol. The van der Waals surface area contributed by atoms with Gasteiger partial charge in [-0.3, -0.25) is 0 Å². The summed E-state index contributed by atoms with van der Waals surface area (Å²) in [6, 6.07) is 1.60. The molecular formula is C11H10Cl2N4. The lowest BCUT2D eigenvalue weighted by atomic mass is 10.2. The van der Waals surface area contributed by atoms with Crippen molar-refractivity contribution in [2.45, 2.75) is 13.8 Å². The highest BCUT2D eigenvalue weighted by atomic mass is 35.5. The first kappa shape index (κ1) is 12.1. The molecule has 0 spiro atoms. The van der Waals surface area contributed by atoms with Crippen LogP contribution in [0.25, 0.3) is 11.5 Å². The Hall–Kier alpha value is -1.39. The Morgan fingerprint density at radius 2 is 1.88 bits per heavy atom. The van der Waals surface area contributed by atoms with Crippen LogP contribution in [0.3, 0.4) is 0 Å². The Kier molecular flexibility index (Phi) is 3.17. The summed E-state index contributed by atoms with van der Waals surface area (Å²) in [4.78, 5) is 12.6. The zero-order chi connectivity index (χ0) is 12.6. The third kappa shape index (κ3) is 2.33. The molecule has 0 aromatic carbocycles. The van der Waals surface area contributed by atoms with Gasteiger partial charge in [-0.1, -0.05) is 23.2 Å². The van der Waals surface area contributed by atoms with E-state index in [0.29, 0.717) is 27.4 Å². The molecule has 0 saturated heterocycles. The number of aryl methyl sites for hydroxylation is 1. The van der Waals surface area contributed by atoms with Gasteiger partial charge in [-0.05, 0) is 19.9 Å². The SMILES string of the molecule is Cc1nc(-c2ncc(Cl)cc2Cl)nc(N)c1C. The maximum absolute atomic E-state index is 6.04. The number of nitrogens with zero attached hydrogens (tertiary/aromatic N) is 3. The van der Waals surface area contributed by atoms with Crippen molar-refractivity contribution in [3.63, 3.8) is 0 Å². The topological polar surface area (TPSA) is 64.7 Å². The first-order valence-corrected chi connectivity index (χ1v) is 5.66. The van der Waals surface area contributed by atoms with E-state index in [4.69, 9.17) is 28.9 Å². The van der Waals surface area contributed by atoms with Gasteiger partial charge in [-0.25, -0.2) is 15.0 Å². The molecule has 2 aromatic rings. The summed E-state index contributed by atoms with van der Waals surface area (Å²) in [6.45, 7) is 3.73. The normalized spacial score (nSPS) is 10.6. The molecule has 0 aliphatic rings. The molecule has 88 valence electrons. The number of nitrogens with two attached hydrogens (primary N) is 1. The van der Waals surface area contributed by atoms with Crippen LogP contribution in [0.15, 0.2) is 12.3 Å². The molecule has 2 rings (SSSR count). The van der Waals surface area contributed by atoms with E-state index in [0.717, 1.165) is 11.3 Å². The quantitative estimate of drug-likeness (QED) is 0.864. The number of pyridine rings is 1. The van der Waals surface area contributed by atoms with Gasteiger partial charge >= 0.3 is 0 Å². The fraction of sp³-hybridized carbons (Fsp3) is 0.182. The average Bonchev–Trinajstić information content (AvgIpc) is 2.25. The number of hydrogen-bond donors (Lipinski definition) is 1. The van der Waals surface area contributed by atoms with E-state index >= 15 is 0 Å². The molecule has 0 fully saturated rings. The minimum atomic E-state index is 0.403. The third-order valence-corrected chi connectivity index (χ3v) is 2.94. The van der Waals surface area contributed by atoms with Crippen molar-refractivity contribution in [3.8, 4) is 11.5 Å². The van der Waals surface area contributed by atoms with Gasteiger partial charge in [0.25, 0.3) is 0 Å². The smallest absolute Gasteiger partial charge is 0.181 e. The molecule has 2 aromatic heterocycles. The van der Waals surface area contributed by atoms with Gasteiger partial charge in [-0.2, -0.15) is 0 Å². The second-order valence-electron chi connectivity index (χ2n) is 3.63. The van der Waals surface area contributed by atoms with Gasteiger partial charge in [0.15, 0.2) is 5.82 Å². The van der Waals surface area contributed by atoms with Gasteiger partial charge in [0.1, 0.15) is 11.5 Å². The van der Waals surface area contributed by atoms with Crippen molar-refractivity contribution in [3.05, 3.63) is 33.6 Å². The molecular weight excluding hydrogens is 259 g/mol. The highest BCUT2D eigenvalue weighted by Gasteiger charge is 2.12. The zero-order valence-electron chi connectivity index (χ0n) is 9.33. The van der Waals surface area contributed by atoms with E-state index < -0.39 is 0 Å². The predicted molar refractivity (Wildman–Crippen MR) is 69.2 cm³/mol. The molecule has 17 heavy (non-hydrogen) atoms. The van der Waals surface area contributed by atoms with Crippen molar-refractivity contribution in [2.24, 2.45) is 0 Å². The van der Waals surface area contributed by atoms with Crippen LogP contribution in [-0.2, 0) is 0 Å². The molecule has 0 unspecified atom stereocenters. The number of halogens is 2. The van der Waals surface area contributed by atoms with Crippen LogP contribution in [0.5, 0.6) is 0 Å². The molecule has 0 radical (unpaired) electrons. The fourth-order valence-corrected chi connectivity index (χ4v) is 1.80. The lowest BCUT2D eigenvalue weighted by Crippen LogP contribution is -2.03. The Balaban J connectivity index is 2.61. The van der Waals surface area contributed by atoms with Gasteiger partial charge in [-0.15, -0.1) is 0 Å². The molecule has 0 atom stereocenters. The number of anilines is 1. The number of rotatable bonds is 1. The molecule has 0 amide bonds. The highest BCUT2D eigenvalue weighted by Crippen LogP contribution is 2.26. The molecule has 0 aliphatic carbocycles. The summed E-state index contributed by atoms with van der Waals surface area (Å²) in [5, 5.41) is 0.871. The first-order valence-electron chi connectivity index (χ1n) is 4.91. The van der Waals surface area contributed by atoms with Crippen LogP contribution in [0.1, 0.15) is 11.3 Å². The van der Waals surface area contributed by atoms with Gasteiger partial charge < -0.3 is 5.73 Å². The minimum Gasteiger partial charge on any atom is -0.383 e. The van der Waals surface area contributed by atoms with Crippen LogP contribution < -0.4 is 5.73 Å². The van der Waals surface area contributed by atoms with Gasteiger partial charge in [0, 0.05) is 17.5 Å². The van der Waals surface area contributed by atoms with Crippen LogP contribution in [0, 0.1) is 13.8 Å². The minimum absolute atomic E-state index is 0.403. The van der Waals surface area contributed by atoms with Crippen molar-refractivity contribution in [1.82, 2.24) is 15.0 Å². The zero-order valence-corrected chi connectivity index (χ0v) is 10.8. The summed E-state index contributed by atoms with van der Waals surface area (Å²) in [6.07, 6.45) is 1.50. The van der Waals surface area contributed by atoms with Crippen LogP contribution in [-0.4, -0.2) is 15.0 Å². The first-order chi connectivity index (χ1) is 7.99. The Labute approximate surface area is 109 Å². The molecule has 0 aliphatic heterocycles. The Morgan fingerprint density at radius 3 is 2.47 bits per heavy atom. The van der Waals surface area contributed by atoms with E-state index in [9.17, 15) is 0 Å². The van der Waals surface area contributed by atoms with E-state index in [1.165, 1.54) is 6.20 Å². The highest BCUT2D eigenvalue weighted by molar-refractivity contribution is 6.35. The predicted octanol–water partition coefficient (Wildman–Crippen LogP) is 3.04. The van der Waals surface area contributed by atoms with Crippen LogP contribution >= 0.6 is 23.2 Å². The van der Waals surface area contributed by atoms with Crippen LogP contribution in [0.4, 0.5) is 5.82 Å². The van der Waals surface area contributed by atoms with Crippen molar-refractivity contribution in [1.29, 1.82) is 0 Å². The summed E-state index contributed by atoms with van der Waals surface area (Å²) < 4.78 is 0. The van der Waals surface area contributed by atoms with E-state index in [2.05, 4.69) is 15.0 Å². The summed E-state index contributed by atoms with van der Waals surface area (Å²) in [5.41, 5.74) is 7.93. The van der Waals surface area contributed by atoms with Crippen LogP contribution in [0.2, 0.25) is 10.0 Å². The number of aromatic nitrogens is 3. The maximum atomic E-state index is 6.04. The maximum Gasteiger partial charge on any atom is 0.181 e. The number of nitrogen functional groups attached to an aromatic ring is 1. The second-order valence-corrected chi connectivity index (χ2v) is 4.47. The summed E-state index contributed by atoms with van der Waals surface area (Å²) >= 11 is 11.8. The second kappa shape index (κ2) is 4.47. The largest absolute Gasteiger partial charge is 0.383 e. The summed E-state index contributed by atoms with van der Waals surface area (Å²) in [5.74, 6) is 0.840. The number of hydrogen-bond acceptors (Lipinski definition) is 4. The van der Waals surface area contributed by atoms with Gasteiger partial charge in [0.05, 0.1) is 10.0 Å². The molecule has 4 nitrogen and oxygen atoms in total. The van der Waals surface area contributed by atoms with Gasteiger partial charge in [0.2, 0.25) is 0 Å². The third-order valence-electron chi connectivity index (χ3n) is 2.45. The molecule has 0 saturated carbocycles. The Bertz CT molecular complexity index is 561. The lowest BCUT2D eigenvalue weighted by Gasteiger charge is -2.07. The fourth-order valence-electron chi connectivity index (χ4n) is 1.34. The van der Waals surface area contributed by atoms with Crippen molar-refractivity contribution < 1.29 is 0 Å². The Morgan fingerprint density at radius 1 is 1.18 bits per heavy atom. The molecule has 0 bridgehead atoms. The summed E-state index contributed by atoms with van der Waals surface area (Å²) in [7, 11) is 0. The monoisotopic (exact) mass is 268 g/mol.